The summed E-state index contributed by atoms with van der Waals surface area (Å²) >= 11 is 0. The van der Waals surface area contributed by atoms with Gasteiger partial charge >= 0.3 is 5.97 Å². The second kappa shape index (κ2) is 4.97. The summed E-state index contributed by atoms with van der Waals surface area (Å²) in [6, 6.07) is 7.25. The molecule has 2 aliphatic rings. The van der Waals surface area contributed by atoms with Crippen LogP contribution in [0.3, 0.4) is 0 Å². The molecule has 3 nitrogen and oxygen atoms in total. The van der Waals surface area contributed by atoms with E-state index in [4.69, 9.17) is 5.11 Å². The lowest BCUT2D eigenvalue weighted by molar-refractivity contribution is -0.136. The van der Waals surface area contributed by atoms with Crippen LogP contribution >= 0.6 is 0 Å². The number of carboxylic acid groups (broad SMARTS) is 1. The third kappa shape index (κ3) is 2.81. The number of likely N-dealkylation sites (N-methyl/N-ethyl adjacent to an activating group) is 1. The van der Waals surface area contributed by atoms with Crippen molar-refractivity contribution in [3.63, 3.8) is 0 Å². The van der Waals surface area contributed by atoms with Crippen LogP contribution in [0, 0.1) is 5.92 Å². The van der Waals surface area contributed by atoms with Gasteiger partial charge in [-0.2, -0.15) is 0 Å². The first-order valence-corrected chi connectivity index (χ1v) is 7.16. The van der Waals surface area contributed by atoms with E-state index in [2.05, 4.69) is 30.1 Å². The number of fused-ring (bicyclic) bond motifs is 1. The van der Waals surface area contributed by atoms with Crippen molar-refractivity contribution in [3.8, 4) is 0 Å². The minimum absolute atomic E-state index is 0.222. The maximum atomic E-state index is 10.6. The Morgan fingerprint density at radius 3 is 2.84 bits per heavy atom. The zero-order valence-electron chi connectivity index (χ0n) is 11.4. The van der Waals surface area contributed by atoms with Gasteiger partial charge in [-0.25, -0.2) is 0 Å². The fraction of sp³-hybridized carbons (Fsp3) is 0.562. The third-order valence-corrected chi connectivity index (χ3v) is 4.48. The largest absolute Gasteiger partial charge is 0.481 e. The number of nitrogens with zero attached hydrogens (tertiary/aromatic N) is 1. The van der Waals surface area contributed by atoms with E-state index >= 15 is 0 Å². The van der Waals surface area contributed by atoms with Gasteiger partial charge < -0.3 is 5.11 Å². The number of aryl methyl sites for hydroxylation is 1. The number of hydrogen-bond donors (Lipinski definition) is 1. The van der Waals surface area contributed by atoms with E-state index in [-0.39, 0.29) is 6.42 Å². The van der Waals surface area contributed by atoms with Gasteiger partial charge in [0.05, 0.1) is 0 Å². The predicted molar refractivity (Wildman–Crippen MR) is 74.1 cm³/mol. The number of rotatable bonds is 4. The van der Waals surface area contributed by atoms with Crippen molar-refractivity contribution in [2.45, 2.75) is 44.7 Å². The van der Waals surface area contributed by atoms with Gasteiger partial charge in [0.2, 0.25) is 0 Å². The Balaban J connectivity index is 1.74. The molecule has 1 heterocycles. The van der Waals surface area contributed by atoms with E-state index in [0.29, 0.717) is 6.42 Å². The summed E-state index contributed by atoms with van der Waals surface area (Å²) in [6.07, 6.45) is 4.80. The summed E-state index contributed by atoms with van der Waals surface area (Å²) in [7, 11) is 2.22. The highest BCUT2D eigenvalue weighted by Gasteiger charge is 2.36. The second-order valence-electron chi connectivity index (χ2n) is 6.02. The molecule has 102 valence electrons. The van der Waals surface area contributed by atoms with Crippen LogP contribution in [0.25, 0.3) is 0 Å². The van der Waals surface area contributed by atoms with Gasteiger partial charge in [-0.05, 0) is 55.3 Å². The third-order valence-electron chi connectivity index (χ3n) is 4.48. The van der Waals surface area contributed by atoms with E-state index in [1.165, 1.54) is 24.0 Å². The van der Waals surface area contributed by atoms with Crippen LogP contribution in [0.5, 0.6) is 0 Å². The lowest BCUT2D eigenvalue weighted by Crippen LogP contribution is -2.38. The summed E-state index contributed by atoms with van der Waals surface area (Å²) in [5.41, 5.74) is 4.01. The molecule has 0 aromatic heterocycles. The van der Waals surface area contributed by atoms with Gasteiger partial charge in [-0.3, -0.25) is 9.69 Å². The van der Waals surface area contributed by atoms with Gasteiger partial charge in [0, 0.05) is 19.0 Å². The summed E-state index contributed by atoms with van der Waals surface area (Å²) in [5.74, 6) is 0.188. The van der Waals surface area contributed by atoms with Crippen molar-refractivity contribution in [3.05, 3.63) is 34.9 Å². The van der Waals surface area contributed by atoms with Crippen molar-refractivity contribution >= 4 is 5.97 Å². The minimum Gasteiger partial charge on any atom is -0.481 e. The van der Waals surface area contributed by atoms with Crippen molar-refractivity contribution in [1.82, 2.24) is 4.90 Å². The Morgan fingerprint density at radius 1 is 1.37 bits per heavy atom. The highest BCUT2D eigenvalue weighted by Crippen LogP contribution is 2.39. The molecule has 1 saturated carbocycles. The maximum absolute atomic E-state index is 10.6. The van der Waals surface area contributed by atoms with Crippen LogP contribution in [0.15, 0.2) is 18.2 Å². The van der Waals surface area contributed by atoms with Crippen molar-refractivity contribution in [1.29, 1.82) is 0 Å². The molecule has 1 aliphatic heterocycles. The number of aliphatic carboxylic acids is 1. The SMILES string of the molecule is CN1Cc2cc(CCC(=O)O)ccc2CC1C1CC1. The quantitative estimate of drug-likeness (QED) is 0.903. The lowest BCUT2D eigenvalue weighted by atomic mass is 9.90. The molecule has 0 bridgehead atoms. The van der Waals surface area contributed by atoms with Crippen LogP contribution < -0.4 is 0 Å². The van der Waals surface area contributed by atoms with Gasteiger partial charge in [0.15, 0.2) is 0 Å². The topological polar surface area (TPSA) is 40.5 Å². The molecule has 0 saturated heterocycles. The van der Waals surface area contributed by atoms with Gasteiger partial charge in [0.25, 0.3) is 0 Å². The van der Waals surface area contributed by atoms with Gasteiger partial charge in [-0.15, -0.1) is 0 Å². The molecule has 3 heteroatoms. The average Bonchev–Trinajstić information content (AvgIpc) is 3.19. The molecule has 1 N–H and O–H groups in total. The lowest BCUT2D eigenvalue weighted by Gasteiger charge is -2.34. The molecule has 1 aliphatic carbocycles. The molecule has 0 radical (unpaired) electrons. The average molecular weight is 259 g/mol. The molecule has 0 spiro atoms. The maximum Gasteiger partial charge on any atom is 0.303 e. The van der Waals surface area contributed by atoms with Crippen LogP contribution in [-0.2, 0) is 24.2 Å². The summed E-state index contributed by atoms with van der Waals surface area (Å²) < 4.78 is 0. The van der Waals surface area contributed by atoms with Crippen molar-refractivity contribution in [2.24, 2.45) is 5.92 Å². The smallest absolute Gasteiger partial charge is 0.303 e. The van der Waals surface area contributed by atoms with E-state index in [1.807, 2.05) is 0 Å². The van der Waals surface area contributed by atoms with E-state index < -0.39 is 5.97 Å². The molecular weight excluding hydrogens is 238 g/mol. The Labute approximate surface area is 114 Å². The van der Waals surface area contributed by atoms with Crippen LogP contribution in [0.1, 0.15) is 36.0 Å². The zero-order valence-corrected chi connectivity index (χ0v) is 11.4. The normalized spacial score (nSPS) is 23.1. The minimum atomic E-state index is -0.719. The Morgan fingerprint density at radius 2 is 2.16 bits per heavy atom. The first-order chi connectivity index (χ1) is 9.13. The first kappa shape index (κ1) is 12.7. The predicted octanol–water partition coefficient (Wildman–Crippen LogP) is 2.47. The van der Waals surface area contributed by atoms with E-state index in [1.54, 1.807) is 0 Å². The zero-order chi connectivity index (χ0) is 13.4. The van der Waals surface area contributed by atoms with Crippen molar-refractivity contribution < 1.29 is 9.90 Å². The molecule has 1 unspecified atom stereocenters. The van der Waals surface area contributed by atoms with Gasteiger partial charge in [0.1, 0.15) is 0 Å². The standard InChI is InChI=1S/C16H21NO2/c1-17-10-14-8-11(3-7-16(18)19)2-4-13(14)9-15(17)12-5-6-12/h2,4,8,12,15H,3,5-7,9-10H2,1H3,(H,18,19). The summed E-state index contributed by atoms with van der Waals surface area (Å²) in [4.78, 5) is 13.1. The monoisotopic (exact) mass is 259 g/mol. The molecule has 1 aromatic carbocycles. The number of benzene rings is 1. The summed E-state index contributed by atoms with van der Waals surface area (Å²) in [5, 5.41) is 8.75. The highest BCUT2D eigenvalue weighted by molar-refractivity contribution is 5.67. The Kier molecular flexibility index (Phi) is 3.31. The van der Waals surface area contributed by atoms with E-state index in [0.717, 1.165) is 30.5 Å². The molecule has 1 fully saturated rings. The summed E-state index contributed by atoms with van der Waals surface area (Å²) in [6.45, 7) is 1.01. The van der Waals surface area contributed by atoms with Crippen LogP contribution in [0.2, 0.25) is 0 Å². The number of carbonyl (C=O) groups is 1. The molecule has 1 atom stereocenters. The first-order valence-electron chi connectivity index (χ1n) is 7.16. The molecule has 3 rings (SSSR count). The van der Waals surface area contributed by atoms with Crippen LogP contribution in [0.4, 0.5) is 0 Å². The Bertz CT molecular complexity index is 494. The number of hydrogen-bond acceptors (Lipinski definition) is 2. The van der Waals surface area contributed by atoms with Gasteiger partial charge in [-0.1, -0.05) is 18.2 Å². The fourth-order valence-corrected chi connectivity index (χ4v) is 3.21. The van der Waals surface area contributed by atoms with E-state index in [9.17, 15) is 4.79 Å². The Hall–Kier alpha value is -1.35. The molecule has 1 aromatic rings. The highest BCUT2D eigenvalue weighted by atomic mass is 16.4. The second-order valence-corrected chi connectivity index (χ2v) is 6.02. The van der Waals surface area contributed by atoms with Crippen LogP contribution in [-0.4, -0.2) is 29.1 Å². The molecule has 19 heavy (non-hydrogen) atoms. The fourth-order valence-electron chi connectivity index (χ4n) is 3.21. The number of carboxylic acids is 1. The van der Waals surface area contributed by atoms with Crippen molar-refractivity contribution in [2.75, 3.05) is 7.05 Å². The molecular formula is C16H21NO2. The molecule has 0 amide bonds.